The summed E-state index contributed by atoms with van der Waals surface area (Å²) in [5.74, 6) is 0.408. The van der Waals surface area contributed by atoms with Crippen molar-refractivity contribution in [3.63, 3.8) is 0 Å². The zero-order valence-corrected chi connectivity index (χ0v) is 7.21. The Morgan fingerprint density at radius 2 is 2.09 bits per heavy atom. The van der Waals surface area contributed by atoms with Crippen LogP contribution < -0.4 is 5.73 Å². The van der Waals surface area contributed by atoms with Crippen molar-refractivity contribution < 1.29 is 9.84 Å². The lowest BCUT2D eigenvalue weighted by Gasteiger charge is -2.45. The van der Waals surface area contributed by atoms with Gasteiger partial charge in [0.15, 0.2) is 0 Å². The Labute approximate surface area is 67.5 Å². The minimum atomic E-state index is -0.145. The first-order valence-electron chi connectivity index (χ1n) is 4.06. The molecule has 1 aliphatic heterocycles. The fraction of sp³-hybridized carbons (Fsp3) is 1.00. The van der Waals surface area contributed by atoms with Crippen LogP contribution >= 0.6 is 0 Å². The van der Waals surface area contributed by atoms with Crippen LogP contribution in [-0.4, -0.2) is 31.0 Å². The topological polar surface area (TPSA) is 55.5 Å². The van der Waals surface area contributed by atoms with Gasteiger partial charge in [0.1, 0.15) is 0 Å². The van der Waals surface area contributed by atoms with Gasteiger partial charge in [-0.05, 0) is 5.92 Å². The molecule has 0 aromatic carbocycles. The first-order valence-corrected chi connectivity index (χ1v) is 4.06. The second kappa shape index (κ2) is 3.09. The number of rotatable bonds is 3. The molecule has 0 aromatic heterocycles. The summed E-state index contributed by atoms with van der Waals surface area (Å²) in [6.45, 7) is 5.51. The highest BCUT2D eigenvalue weighted by Crippen LogP contribution is 2.32. The molecule has 1 fully saturated rings. The van der Waals surface area contributed by atoms with E-state index in [0.29, 0.717) is 19.1 Å². The highest BCUT2D eigenvalue weighted by atomic mass is 16.5. The van der Waals surface area contributed by atoms with Crippen molar-refractivity contribution in [3.05, 3.63) is 0 Å². The molecule has 3 nitrogen and oxygen atoms in total. The summed E-state index contributed by atoms with van der Waals surface area (Å²) in [5.41, 5.74) is 5.78. The van der Waals surface area contributed by atoms with Crippen LogP contribution in [0.15, 0.2) is 0 Å². The Hall–Kier alpha value is -0.120. The molecule has 11 heavy (non-hydrogen) atoms. The van der Waals surface area contributed by atoms with Gasteiger partial charge in [-0.3, -0.25) is 0 Å². The lowest BCUT2D eigenvalue weighted by atomic mass is 9.75. The Morgan fingerprint density at radius 1 is 1.55 bits per heavy atom. The van der Waals surface area contributed by atoms with E-state index in [2.05, 4.69) is 13.8 Å². The summed E-state index contributed by atoms with van der Waals surface area (Å²) in [6, 6.07) is 0.0567. The summed E-state index contributed by atoms with van der Waals surface area (Å²) in [5, 5.41) is 9.10. The molecule has 1 atom stereocenters. The molecule has 3 heteroatoms. The largest absolute Gasteiger partial charge is 0.396 e. The van der Waals surface area contributed by atoms with E-state index in [9.17, 15) is 0 Å². The molecule has 1 saturated heterocycles. The molecule has 0 radical (unpaired) electrons. The first kappa shape index (κ1) is 8.97. The molecule has 1 heterocycles. The molecule has 0 bridgehead atoms. The normalized spacial score (nSPS) is 24.8. The highest BCUT2D eigenvalue weighted by Gasteiger charge is 2.44. The van der Waals surface area contributed by atoms with Gasteiger partial charge in [0.25, 0.3) is 0 Å². The Bertz CT molecular complexity index is 127. The van der Waals surface area contributed by atoms with E-state index in [-0.39, 0.29) is 18.1 Å². The molecule has 0 spiro atoms. The van der Waals surface area contributed by atoms with Crippen molar-refractivity contribution in [2.75, 3.05) is 19.8 Å². The molecule has 1 unspecified atom stereocenters. The predicted octanol–water partition coefficient (Wildman–Crippen LogP) is -0.0214. The highest BCUT2D eigenvalue weighted by molar-refractivity contribution is 4.95. The van der Waals surface area contributed by atoms with Gasteiger partial charge in [0.05, 0.1) is 25.2 Å². The smallest absolute Gasteiger partial charge is 0.0582 e. The third-order valence-corrected chi connectivity index (χ3v) is 2.52. The minimum absolute atomic E-state index is 0.0567. The molecule has 1 rings (SSSR count). The third-order valence-electron chi connectivity index (χ3n) is 2.52. The van der Waals surface area contributed by atoms with Crippen LogP contribution in [0.4, 0.5) is 0 Å². The van der Waals surface area contributed by atoms with Gasteiger partial charge >= 0.3 is 0 Å². The number of aliphatic hydroxyl groups is 1. The maximum Gasteiger partial charge on any atom is 0.0582 e. The fourth-order valence-corrected chi connectivity index (χ4v) is 1.46. The molecular formula is C8H17NO2. The zero-order valence-electron chi connectivity index (χ0n) is 7.21. The van der Waals surface area contributed by atoms with E-state index in [0.717, 1.165) is 0 Å². The SMILES string of the molecule is CC(C)C(N)C1(CO)COC1. The van der Waals surface area contributed by atoms with Crippen LogP contribution in [0, 0.1) is 11.3 Å². The molecule has 1 aliphatic rings. The molecule has 0 saturated carbocycles. The van der Waals surface area contributed by atoms with E-state index in [1.54, 1.807) is 0 Å². The lowest BCUT2D eigenvalue weighted by Crippen LogP contribution is -2.59. The van der Waals surface area contributed by atoms with Crippen LogP contribution in [0.3, 0.4) is 0 Å². The summed E-state index contributed by atoms with van der Waals surface area (Å²) >= 11 is 0. The van der Waals surface area contributed by atoms with Gasteiger partial charge in [0, 0.05) is 6.04 Å². The molecule has 0 aliphatic carbocycles. The second-order valence-electron chi connectivity index (χ2n) is 3.78. The van der Waals surface area contributed by atoms with Crippen LogP contribution in [0.1, 0.15) is 13.8 Å². The van der Waals surface area contributed by atoms with E-state index >= 15 is 0 Å². The quantitative estimate of drug-likeness (QED) is 0.608. The summed E-state index contributed by atoms with van der Waals surface area (Å²) in [7, 11) is 0. The molecule has 0 amide bonds. The standard InChI is InChI=1S/C8H17NO2/c1-6(2)7(9)8(3-10)4-11-5-8/h6-7,10H,3-5,9H2,1-2H3. The third kappa shape index (κ3) is 1.41. The van der Waals surface area contributed by atoms with Crippen molar-refractivity contribution >= 4 is 0 Å². The molecule has 3 N–H and O–H groups in total. The maximum absolute atomic E-state index is 9.10. The van der Waals surface area contributed by atoms with Crippen LogP contribution in [0.2, 0.25) is 0 Å². The van der Waals surface area contributed by atoms with Crippen molar-refractivity contribution in [2.45, 2.75) is 19.9 Å². The second-order valence-corrected chi connectivity index (χ2v) is 3.78. The Balaban J connectivity index is 2.54. The number of aliphatic hydroxyl groups excluding tert-OH is 1. The molecular weight excluding hydrogens is 142 g/mol. The van der Waals surface area contributed by atoms with Gasteiger partial charge < -0.3 is 15.6 Å². The number of hydrogen-bond acceptors (Lipinski definition) is 3. The van der Waals surface area contributed by atoms with Gasteiger partial charge in [-0.2, -0.15) is 0 Å². The van der Waals surface area contributed by atoms with Crippen molar-refractivity contribution in [2.24, 2.45) is 17.1 Å². The van der Waals surface area contributed by atoms with Crippen molar-refractivity contribution in [1.82, 2.24) is 0 Å². The lowest BCUT2D eigenvalue weighted by molar-refractivity contribution is -0.155. The first-order chi connectivity index (χ1) is 5.12. The van der Waals surface area contributed by atoms with Crippen LogP contribution in [-0.2, 0) is 4.74 Å². The monoisotopic (exact) mass is 159 g/mol. The summed E-state index contributed by atoms with van der Waals surface area (Å²) in [6.07, 6.45) is 0. The van der Waals surface area contributed by atoms with Gasteiger partial charge in [-0.25, -0.2) is 0 Å². The summed E-state index contributed by atoms with van der Waals surface area (Å²) < 4.78 is 5.06. The number of nitrogens with two attached hydrogens (primary N) is 1. The van der Waals surface area contributed by atoms with Crippen LogP contribution in [0.5, 0.6) is 0 Å². The van der Waals surface area contributed by atoms with Gasteiger partial charge in [-0.15, -0.1) is 0 Å². The zero-order chi connectivity index (χ0) is 8.48. The average molecular weight is 159 g/mol. The molecule has 0 aromatic rings. The Kier molecular flexibility index (Phi) is 2.52. The van der Waals surface area contributed by atoms with E-state index in [1.165, 1.54) is 0 Å². The maximum atomic E-state index is 9.10. The predicted molar refractivity (Wildman–Crippen MR) is 43.2 cm³/mol. The Morgan fingerprint density at radius 3 is 2.18 bits per heavy atom. The van der Waals surface area contributed by atoms with E-state index in [4.69, 9.17) is 15.6 Å². The molecule has 66 valence electrons. The average Bonchev–Trinajstić information content (AvgIpc) is 1.86. The fourth-order valence-electron chi connectivity index (χ4n) is 1.46. The van der Waals surface area contributed by atoms with Gasteiger partial charge in [0.2, 0.25) is 0 Å². The van der Waals surface area contributed by atoms with E-state index < -0.39 is 0 Å². The summed E-state index contributed by atoms with van der Waals surface area (Å²) in [4.78, 5) is 0. The van der Waals surface area contributed by atoms with Crippen LogP contribution in [0.25, 0.3) is 0 Å². The van der Waals surface area contributed by atoms with Gasteiger partial charge in [-0.1, -0.05) is 13.8 Å². The van der Waals surface area contributed by atoms with E-state index in [1.807, 2.05) is 0 Å². The number of hydrogen-bond donors (Lipinski definition) is 2. The van der Waals surface area contributed by atoms with Crippen molar-refractivity contribution in [3.8, 4) is 0 Å². The minimum Gasteiger partial charge on any atom is -0.396 e. The van der Waals surface area contributed by atoms with Crippen molar-refractivity contribution in [1.29, 1.82) is 0 Å². The number of ether oxygens (including phenoxy) is 1.